The van der Waals surface area contributed by atoms with E-state index in [1.807, 2.05) is 0 Å². The minimum Gasteiger partial charge on any atom is -0.493 e. The quantitative estimate of drug-likeness (QED) is 0.0548. The van der Waals surface area contributed by atoms with Gasteiger partial charge in [-0.15, -0.1) is 0 Å². The van der Waals surface area contributed by atoms with Gasteiger partial charge in [0.2, 0.25) is 0 Å². The molecule has 0 spiro atoms. The largest absolute Gasteiger partial charge is 0.493 e. The van der Waals surface area contributed by atoms with Crippen LogP contribution in [0.15, 0.2) is 66.9 Å². The summed E-state index contributed by atoms with van der Waals surface area (Å²) in [5.41, 5.74) is 5.93. The average Bonchev–Trinajstić information content (AvgIpc) is 3.94. The molecular formula is C38H42F2N3O9P. The van der Waals surface area contributed by atoms with Gasteiger partial charge in [0.05, 0.1) is 37.9 Å². The fraction of sp³-hybridized carbons (Fsp3) is 0.368. The number of carbonyl (C=O) groups excluding carboxylic acids is 3. The van der Waals surface area contributed by atoms with Crippen molar-refractivity contribution in [3.05, 3.63) is 89.6 Å². The molecule has 0 atom stereocenters. The van der Waals surface area contributed by atoms with E-state index in [1.165, 1.54) is 54.6 Å². The zero-order chi connectivity index (χ0) is 38.2. The number of pyridine rings is 1. The van der Waals surface area contributed by atoms with Crippen molar-refractivity contribution in [2.45, 2.75) is 46.0 Å². The van der Waals surface area contributed by atoms with E-state index in [0.717, 1.165) is 0 Å². The summed E-state index contributed by atoms with van der Waals surface area (Å²) in [6, 6.07) is 13.9. The van der Waals surface area contributed by atoms with Crippen molar-refractivity contribution in [1.82, 2.24) is 9.88 Å². The minimum absolute atomic E-state index is 0.0215. The molecule has 1 fully saturated rings. The first kappa shape index (κ1) is 39.3. The molecular weight excluding hydrogens is 711 g/mol. The van der Waals surface area contributed by atoms with Crippen LogP contribution in [0.5, 0.6) is 23.0 Å². The molecule has 0 unspecified atom stereocenters. The molecule has 53 heavy (non-hydrogen) atoms. The highest BCUT2D eigenvalue weighted by Gasteiger charge is 2.54. The maximum absolute atomic E-state index is 15.4. The van der Waals surface area contributed by atoms with Crippen molar-refractivity contribution in [3.63, 3.8) is 0 Å². The van der Waals surface area contributed by atoms with E-state index < -0.39 is 30.7 Å². The van der Waals surface area contributed by atoms with Gasteiger partial charge in [-0.2, -0.15) is 0 Å². The third kappa shape index (κ3) is 9.75. The number of halogens is 2. The third-order valence-corrected chi connectivity index (χ3v) is 10.8. The summed E-state index contributed by atoms with van der Waals surface area (Å²) in [5, 5.41) is 0.491. The second kappa shape index (κ2) is 17.3. The van der Waals surface area contributed by atoms with Gasteiger partial charge in [0, 0.05) is 37.0 Å². The fourth-order valence-corrected chi connectivity index (χ4v) is 7.63. The van der Waals surface area contributed by atoms with Crippen LogP contribution >= 0.6 is 7.60 Å². The highest BCUT2D eigenvalue weighted by Crippen LogP contribution is 2.49. The molecule has 12 nitrogen and oxygen atoms in total. The summed E-state index contributed by atoms with van der Waals surface area (Å²) in [6.45, 7) is 3.84. The van der Waals surface area contributed by atoms with Gasteiger partial charge in [0.15, 0.2) is 34.6 Å². The van der Waals surface area contributed by atoms with Crippen molar-refractivity contribution in [1.29, 1.82) is 0 Å². The molecule has 5 rings (SSSR count). The van der Waals surface area contributed by atoms with Crippen LogP contribution in [0.4, 0.5) is 13.6 Å². The first-order chi connectivity index (χ1) is 25.4. The maximum Gasteiger partial charge on any atom is 0.349 e. The van der Waals surface area contributed by atoms with Crippen molar-refractivity contribution < 1.29 is 51.0 Å². The number of urea groups is 1. The highest BCUT2D eigenvalue weighted by molar-refractivity contribution is 7.53. The Bertz CT molecular complexity index is 2000. The number of hydrogen-bond acceptors (Lipinski definition) is 10. The van der Waals surface area contributed by atoms with Crippen LogP contribution in [0.1, 0.15) is 44.2 Å². The Morgan fingerprint density at radius 1 is 0.868 bits per heavy atom. The number of amides is 2. The lowest BCUT2D eigenvalue weighted by Gasteiger charge is -2.25. The summed E-state index contributed by atoms with van der Waals surface area (Å²) < 4.78 is 69.7. The standard InChI is InChI=1S/C38H42F2N3O9P/c1-4-50-53(47,51-5-2)24-43(37(41)46)17-6-18-49-34-22-28-30(23-33(34)48-3)42-16-13-31(28)52-32-12-9-26(19-29(32)40)21-36(45)38(14-15-38)35(44)20-25-7-10-27(39)11-8-25/h7-13,16,19,22-23H,4-6,14-15,17-18,20-21,24H2,1-3H3,(H2,41,46). The highest BCUT2D eigenvalue weighted by atomic mass is 31.2. The molecule has 4 aromatic rings. The van der Waals surface area contributed by atoms with Crippen LogP contribution in [0.2, 0.25) is 0 Å². The molecule has 1 aliphatic rings. The van der Waals surface area contributed by atoms with Gasteiger partial charge in [-0.25, -0.2) is 13.6 Å². The maximum atomic E-state index is 15.4. The molecule has 1 aliphatic carbocycles. The molecule has 282 valence electrons. The van der Waals surface area contributed by atoms with Crippen LogP contribution in [0, 0.1) is 17.0 Å². The van der Waals surface area contributed by atoms with Gasteiger partial charge in [-0.3, -0.25) is 19.1 Å². The van der Waals surface area contributed by atoms with Gasteiger partial charge in [-0.05, 0) is 80.6 Å². The third-order valence-electron chi connectivity index (χ3n) is 8.80. The van der Waals surface area contributed by atoms with Crippen LogP contribution in [-0.2, 0) is 36.0 Å². The predicted octanol–water partition coefficient (Wildman–Crippen LogP) is 7.39. The molecule has 1 heterocycles. The summed E-state index contributed by atoms with van der Waals surface area (Å²) in [4.78, 5) is 43.9. The van der Waals surface area contributed by atoms with Crippen LogP contribution in [0.25, 0.3) is 10.9 Å². The van der Waals surface area contributed by atoms with Gasteiger partial charge < -0.3 is 33.9 Å². The smallest absolute Gasteiger partial charge is 0.349 e. The van der Waals surface area contributed by atoms with Crippen LogP contribution < -0.4 is 19.9 Å². The van der Waals surface area contributed by atoms with Crippen molar-refractivity contribution >= 4 is 36.1 Å². The summed E-state index contributed by atoms with van der Waals surface area (Å²) in [6.07, 6.45) is 2.26. The van der Waals surface area contributed by atoms with Gasteiger partial charge >= 0.3 is 13.6 Å². The van der Waals surface area contributed by atoms with E-state index in [2.05, 4.69) is 4.98 Å². The van der Waals surface area contributed by atoms with E-state index >= 15 is 4.39 Å². The minimum atomic E-state index is -3.56. The first-order valence-corrected chi connectivity index (χ1v) is 18.9. The van der Waals surface area contributed by atoms with Crippen LogP contribution in [0.3, 0.4) is 0 Å². The van der Waals surface area contributed by atoms with E-state index in [1.54, 1.807) is 38.1 Å². The Morgan fingerprint density at radius 2 is 1.53 bits per heavy atom. The van der Waals surface area contributed by atoms with Crippen molar-refractivity contribution in [2.24, 2.45) is 11.1 Å². The molecule has 0 radical (unpaired) electrons. The zero-order valence-electron chi connectivity index (χ0n) is 29.8. The van der Waals surface area contributed by atoms with Gasteiger partial charge in [0.1, 0.15) is 17.9 Å². The average molecular weight is 754 g/mol. The molecule has 2 N–H and O–H groups in total. The molecule has 0 saturated heterocycles. The number of ketones is 2. The zero-order valence-corrected chi connectivity index (χ0v) is 30.7. The summed E-state index contributed by atoms with van der Waals surface area (Å²) in [5.74, 6) is -0.735. The predicted molar refractivity (Wildman–Crippen MR) is 192 cm³/mol. The number of fused-ring (bicyclic) bond motifs is 1. The number of Topliss-reactive ketones (excluding diaryl/α,β-unsaturated/α-hetero) is 2. The van der Waals surface area contributed by atoms with Gasteiger partial charge in [-0.1, -0.05) is 18.2 Å². The molecule has 15 heteroatoms. The fourth-order valence-electron chi connectivity index (χ4n) is 5.90. The number of nitrogens with two attached hydrogens (primary N) is 1. The molecule has 3 aromatic carbocycles. The Labute approximate surface area is 306 Å². The lowest BCUT2D eigenvalue weighted by Crippen LogP contribution is -2.38. The number of carbonyl (C=O) groups is 3. The number of hydrogen-bond donors (Lipinski definition) is 1. The number of methoxy groups -OCH3 is 1. The SMILES string of the molecule is CCOP(=O)(CN(CCCOc1cc2c(Oc3ccc(CC(=O)C4(C(=O)Cc5ccc(F)cc5)CC4)cc3F)ccnc2cc1OC)C(N)=O)OCC. The van der Waals surface area contributed by atoms with E-state index in [9.17, 15) is 23.3 Å². The first-order valence-electron chi connectivity index (χ1n) is 17.2. The Balaban J connectivity index is 1.24. The monoisotopic (exact) mass is 753 g/mol. The molecule has 0 aliphatic heterocycles. The van der Waals surface area contributed by atoms with Crippen molar-refractivity contribution in [2.75, 3.05) is 39.8 Å². The summed E-state index contributed by atoms with van der Waals surface area (Å²) in [7, 11) is -2.09. The Morgan fingerprint density at radius 3 is 2.13 bits per heavy atom. The normalized spacial score (nSPS) is 13.4. The number of ether oxygens (including phenoxy) is 3. The number of primary amides is 1. The molecule has 1 saturated carbocycles. The molecule has 2 amide bonds. The Kier molecular flexibility index (Phi) is 12.8. The van der Waals surface area contributed by atoms with E-state index in [0.29, 0.717) is 52.8 Å². The number of rotatable bonds is 20. The van der Waals surface area contributed by atoms with Crippen LogP contribution in [-0.4, -0.2) is 67.2 Å². The number of nitrogens with zero attached hydrogens (tertiary/aromatic N) is 2. The second-order valence-corrected chi connectivity index (χ2v) is 14.5. The topological polar surface area (TPSA) is 157 Å². The molecule has 1 aromatic heterocycles. The lowest BCUT2D eigenvalue weighted by molar-refractivity contribution is -0.133. The Hall–Kier alpha value is -4.91. The second-order valence-electron chi connectivity index (χ2n) is 12.5. The summed E-state index contributed by atoms with van der Waals surface area (Å²) >= 11 is 0. The number of aromatic nitrogens is 1. The van der Waals surface area contributed by atoms with E-state index in [4.69, 9.17) is 29.0 Å². The van der Waals surface area contributed by atoms with E-state index in [-0.39, 0.29) is 68.6 Å². The van der Waals surface area contributed by atoms with Gasteiger partial charge in [0.25, 0.3) is 0 Å². The number of benzene rings is 3. The lowest BCUT2D eigenvalue weighted by atomic mass is 9.88. The van der Waals surface area contributed by atoms with Crippen molar-refractivity contribution in [3.8, 4) is 23.0 Å². The molecule has 0 bridgehead atoms.